The van der Waals surface area contributed by atoms with Crippen molar-refractivity contribution in [2.45, 2.75) is 54.7 Å². The second-order valence-electron chi connectivity index (χ2n) is 8.90. The van der Waals surface area contributed by atoms with Crippen molar-refractivity contribution in [3.63, 3.8) is 0 Å². The first-order valence-corrected chi connectivity index (χ1v) is 15.2. The summed E-state index contributed by atoms with van der Waals surface area (Å²) in [5, 5.41) is 2.81. The van der Waals surface area contributed by atoms with E-state index < -0.39 is 26.0 Å². The van der Waals surface area contributed by atoms with Crippen molar-refractivity contribution < 1.29 is 21.6 Å². The number of carbonyl (C=O) groups is 1. The highest BCUT2D eigenvalue weighted by molar-refractivity contribution is 7.89. The number of sulfonamides is 2. The van der Waals surface area contributed by atoms with Crippen LogP contribution in [-0.2, 0) is 20.0 Å². The van der Waals surface area contributed by atoms with Crippen molar-refractivity contribution in [3.05, 3.63) is 53.1 Å². The number of hydrogen-bond acceptors (Lipinski definition) is 5. The number of amides is 1. The van der Waals surface area contributed by atoms with E-state index in [0.717, 1.165) is 44.9 Å². The predicted octanol–water partition coefficient (Wildman–Crippen LogP) is 4.33. The van der Waals surface area contributed by atoms with Gasteiger partial charge in [-0.2, -0.15) is 8.61 Å². The summed E-state index contributed by atoms with van der Waals surface area (Å²) in [5.41, 5.74) is 0.413. The number of halogens is 1. The van der Waals surface area contributed by atoms with Crippen LogP contribution in [0.2, 0.25) is 5.02 Å². The lowest BCUT2D eigenvalue weighted by molar-refractivity contribution is 0.102. The van der Waals surface area contributed by atoms with Crippen molar-refractivity contribution in [2.75, 3.05) is 31.5 Å². The zero-order chi connectivity index (χ0) is 25.1. The topological polar surface area (TPSA) is 104 Å². The van der Waals surface area contributed by atoms with E-state index in [9.17, 15) is 21.6 Å². The molecule has 2 aromatic carbocycles. The third-order valence-corrected chi connectivity index (χ3v) is 10.6. The fourth-order valence-corrected chi connectivity index (χ4v) is 7.70. The Labute approximate surface area is 212 Å². The normalized spacial score (nSPS) is 18.7. The zero-order valence-electron chi connectivity index (χ0n) is 19.4. The molecule has 2 aliphatic heterocycles. The van der Waals surface area contributed by atoms with E-state index >= 15 is 0 Å². The molecule has 1 amide bonds. The second-order valence-corrected chi connectivity index (χ2v) is 13.2. The summed E-state index contributed by atoms with van der Waals surface area (Å²) in [6.07, 6.45) is 6.37. The van der Waals surface area contributed by atoms with Gasteiger partial charge in [0.15, 0.2) is 0 Å². The largest absolute Gasteiger partial charge is 0.322 e. The predicted molar refractivity (Wildman–Crippen MR) is 136 cm³/mol. The van der Waals surface area contributed by atoms with E-state index in [1.165, 1.54) is 51.1 Å². The molecule has 0 atom stereocenters. The van der Waals surface area contributed by atoms with Crippen molar-refractivity contribution in [1.82, 2.24) is 8.61 Å². The molecule has 190 valence electrons. The van der Waals surface area contributed by atoms with Crippen LogP contribution in [0.3, 0.4) is 0 Å². The first-order chi connectivity index (χ1) is 16.7. The third kappa shape index (κ3) is 5.89. The quantitative estimate of drug-likeness (QED) is 0.588. The molecule has 2 aromatic rings. The van der Waals surface area contributed by atoms with Gasteiger partial charge in [-0.25, -0.2) is 16.8 Å². The Morgan fingerprint density at radius 1 is 0.686 bits per heavy atom. The molecule has 2 aliphatic rings. The average Bonchev–Trinajstić information content (AvgIpc) is 3.15. The molecule has 4 rings (SSSR count). The number of piperidine rings is 1. The molecule has 0 aromatic heterocycles. The maximum absolute atomic E-state index is 13.0. The molecule has 35 heavy (non-hydrogen) atoms. The number of rotatable bonds is 6. The Morgan fingerprint density at radius 2 is 1.14 bits per heavy atom. The summed E-state index contributed by atoms with van der Waals surface area (Å²) in [4.78, 5) is 13.1. The van der Waals surface area contributed by atoms with Crippen LogP contribution in [-0.4, -0.2) is 57.5 Å². The van der Waals surface area contributed by atoms with E-state index in [2.05, 4.69) is 5.32 Å². The molecule has 11 heteroatoms. The minimum Gasteiger partial charge on any atom is -0.322 e. The van der Waals surface area contributed by atoms with Gasteiger partial charge >= 0.3 is 0 Å². The molecule has 0 spiro atoms. The molecule has 2 saturated heterocycles. The molecule has 0 unspecified atom stereocenters. The van der Waals surface area contributed by atoms with Gasteiger partial charge in [0.05, 0.1) is 20.4 Å². The lowest BCUT2D eigenvalue weighted by Gasteiger charge is -2.26. The maximum Gasteiger partial charge on any atom is 0.257 e. The van der Waals surface area contributed by atoms with Crippen LogP contribution in [0.1, 0.15) is 55.3 Å². The second kappa shape index (κ2) is 11.0. The standard InChI is InChI=1S/C24H30ClN3O5S2/c25-23-13-12-21(35(32,33)28-16-6-3-7-17-28)18-22(23)24(29)26-19-8-10-20(11-9-19)34(30,31)27-14-4-1-2-5-15-27/h8-13,18H,1-7,14-17H2,(H,26,29). The summed E-state index contributed by atoms with van der Waals surface area (Å²) in [7, 11) is -7.31. The third-order valence-electron chi connectivity index (χ3n) is 6.45. The van der Waals surface area contributed by atoms with Gasteiger partial charge in [-0.15, -0.1) is 0 Å². The van der Waals surface area contributed by atoms with Gasteiger partial charge in [0, 0.05) is 31.9 Å². The van der Waals surface area contributed by atoms with Crippen molar-refractivity contribution in [2.24, 2.45) is 0 Å². The van der Waals surface area contributed by atoms with Gasteiger partial charge in [-0.1, -0.05) is 30.9 Å². The Morgan fingerprint density at radius 3 is 1.69 bits per heavy atom. The molecule has 1 N–H and O–H groups in total. The highest BCUT2D eigenvalue weighted by Gasteiger charge is 2.28. The summed E-state index contributed by atoms with van der Waals surface area (Å²) >= 11 is 6.22. The Balaban J connectivity index is 1.50. The monoisotopic (exact) mass is 539 g/mol. The van der Waals surface area contributed by atoms with Crippen molar-refractivity contribution in [1.29, 1.82) is 0 Å². The summed E-state index contributed by atoms with van der Waals surface area (Å²) in [6, 6.07) is 10.1. The van der Waals surface area contributed by atoms with Crippen LogP contribution in [0.15, 0.2) is 52.3 Å². The van der Waals surface area contributed by atoms with Crippen LogP contribution in [0, 0.1) is 0 Å². The van der Waals surface area contributed by atoms with E-state index in [1.807, 2.05) is 0 Å². The van der Waals surface area contributed by atoms with Gasteiger partial charge in [-0.3, -0.25) is 4.79 Å². The minimum atomic E-state index is -3.72. The average molecular weight is 540 g/mol. The fourth-order valence-electron chi connectivity index (χ4n) is 4.43. The summed E-state index contributed by atoms with van der Waals surface area (Å²) < 4.78 is 54.9. The molecule has 8 nitrogen and oxygen atoms in total. The molecular weight excluding hydrogens is 510 g/mol. The number of nitrogens with zero attached hydrogens (tertiary/aromatic N) is 2. The number of carbonyl (C=O) groups excluding carboxylic acids is 1. The Bertz CT molecular complexity index is 1270. The van der Waals surface area contributed by atoms with Gasteiger partial charge in [0.25, 0.3) is 5.91 Å². The lowest BCUT2D eigenvalue weighted by Crippen LogP contribution is -2.35. The van der Waals surface area contributed by atoms with Crippen LogP contribution in [0.25, 0.3) is 0 Å². The van der Waals surface area contributed by atoms with Gasteiger partial charge in [0.2, 0.25) is 20.0 Å². The molecule has 0 radical (unpaired) electrons. The SMILES string of the molecule is O=C(Nc1ccc(S(=O)(=O)N2CCCCCC2)cc1)c1cc(S(=O)(=O)N2CCCCC2)ccc1Cl. The number of hydrogen-bond donors (Lipinski definition) is 1. The van der Waals surface area contributed by atoms with E-state index in [1.54, 1.807) is 0 Å². The minimum absolute atomic E-state index is 0.0211. The first-order valence-electron chi connectivity index (χ1n) is 11.9. The van der Waals surface area contributed by atoms with Crippen LogP contribution >= 0.6 is 11.6 Å². The molecule has 2 fully saturated rings. The van der Waals surface area contributed by atoms with Gasteiger partial charge < -0.3 is 5.32 Å². The number of anilines is 1. The van der Waals surface area contributed by atoms with E-state index in [0.29, 0.717) is 31.9 Å². The lowest BCUT2D eigenvalue weighted by atomic mass is 10.2. The van der Waals surface area contributed by atoms with Crippen LogP contribution < -0.4 is 5.32 Å². The highest BCUT2D eigenvalue weighted by Crippen LogP contribution is 2.27. The smallest absolute Gasteiger partial charge is 0.257 e. The maximum atomic E-state index is 13.0. The molecule has 0 saturated carbocycles. The van der Waals surface area contributed by atoms with Gasteiger partial charge in [0.1, 0.15) is 0 Å². The number of nitrogens with one attached hydrogen (secondary N) is 1. The van der Waals surface area contributed by atoms with E-state index in [-0.39, 0.29) is 20.4 Å². The molecular formula is C24H30ClN3O5S2. The molecule has 2 heterocycles. The van der Waals surface area contributed by atoms with Crippen molar-refractivity contribution >= 4 is 43.2 Å². The zero-order valence-corrected chi connectivity index (χ0v) is 21.8. The van der Waals surface area contributed by atoms with Crippen LogP contribution in [0.5, 0.6) is 0 Å². The molecule has 0 aliphatic carbocycles. The molecule has 0 bridgehead atoms. The Kier molecular flexibility index (Phi) is 8.17. The van der Waals surface area contributed by atoms with E-state index in [4.69, 9.17) is 11.6 Å². The number of benzene rings is 2. The van der Waals surface area contributed by atoms with Crippen LogP contribution in [0.4, 0.5) is 5.69 Å². The van der Waals surface area contributed by atoms with Gasteiger partial charge in [-0.05, 0) is 68.1 Å². The highest BCUT2D eigenvalue weighted by atomic mass is 35.5. The van der Waals surface area contributed by atoms with Crippen molar-refractivity contribution in [3.8, 4) is 0 Å². The summed E-state index contributed by atoms with van der Waals surface area (Å²) in [5.74, 6) is -0.575. The first kappa shape index (κ1) is 26.1. The Hall–Kier alpha value is -1.98. The summed E-state index contributed by atoms with van der Waals surface area (Å²) in [6.45, 7) is 1.93. The fraction of sp³-hybridized carbons (Fsp3) is 0.458.